The number of amides is 3. The number of carboxylic acids is 1. The first-order valence-electron chi connectivity index (χ1n) is 5.82. The van der Waals surface area contributed by atoms with Gasteiger partial charge >= 0.3 is 5.97 Å². The molecule has 0 aromatic carbocycles. The van der Waals surface area contributed by atoms with Gasteiger partial charge in [0.25, 0.3) is 0 Å². The Bertz CT molecular complexity index is 450. The Morgan fingerprint density at radius 3 is 2.14 bits per heavy atom. The van der Waals surface area contributed by atoms with E-state index in [2.05, 4.69) is 16.0 Å². The van der Waals surface area contributed by atoms with Gasteiger partial charge in [-0.1, -0.05) is 0 Å². The second-order valence-corrected chi connectivity index (χ2v) is 3.98. The average molecular weight is 302 g/mol. The van der Waals surface area contributed by atoms with Crippen molar-refractivity contribution in [3.8, 4) is 0 Å². The molecular weight excluding hydrogens is 284 g/mol. The van der Waals surface area contributed by atoms with Crippen LogP contribution in [0.4, 0.5) is 0 Å². The monoisotopic (exact) mass is 302 g/mol. The summed E-state index contributed by atoms with van der Waals surface area (Å²) < 4.78 is 0. The number of carbonyl (C=O) groups is 4. The third-order valence-electron chi connectivity index (χ3n) is 2.30. The molecule has 0 aliphatic heterocycles. The molecule has 0 spiro atoms. The summed E-state index contributed by atoms with van der Waals surface area (Å²) in [5.74, 6) is -3.63. The fourth-order valence-electron chi connectivity index (χ4n) is 1.43. The molecule has 0 saturated carbocycles. The van der Waals surface area contributed by atoms with Crippen molar-refractivity contribution < 1.29 is 29.4 Å². The lowest BCUT2D eigenvalue weighted by atomic mass is 10.1. The number of primary amides is 1. The van der Waals surface area contributed by atoms with E-state index < -0.39 is 42.0 Å². The van der Waals surface area contributed by atoms with Crippen molar-refractivity contribution in [3.63, 3.8) is 0 Å². The van der Waals surface area contributed by atoms with Gasteiger partial charge in [-0.15, -0.1) is 0 Å². The van der Waals surface area contributed by atoms with Crippen molar-refractivity contribution in [1.82, 2.24) is 16.0 Å². The lowest BCUT2D eigenvalue weighted by Gasteiger charge is -2.26. The normalized spacial score (nSPS) is 15.0. The Morgan fingerprint density at radius 2 is 1.76 bits per heavy atom. The Hall–Kier alpha value is -2.46. The first kappa shape index (κ1) is 18.5. The highest BCUT2D eigenvalue weighted by atomic mass is 16.4. The molecule has 0 saturated heterocycles. The van der Waals surface area contributed by atoms with Crippen molar-refractivity contribution in [2.45, 2.75) is 25.2 Å². The summed E-state index contributed by atoms with van der Waals surface area (Å²) >= 11 is 0. The van der Waals surface area contributed by atoms with E-state index in [9.17, 15) is 24.3 Å². The van der Waals surface area contributed by atoms with E-state index >= 15 is 0 Å². The summed E-state index contributed by atoms with van der Waals surface area (Å²) in [6.07, 6.45) is -0.0739. The van der Waals surface area contributed by atoms with Crippen molar-refractivity contribution in [3.05, 3.63) is 12.2 Å². The standard InChI is InChI=1S/C11H18N4O6/c1-5(16)14-9(11(21)13-2)8(10(12)20)15-6(17)3-4-7(18)19/h3-4,6,8-9,15,17H,1-2H3,(H2,12,20)(H,13,21)(H,14,16)(H,18,19)/b4-3-. The number of likely N-dealkylation sites (N-methyl/N-ethyl adjacent to an activating group) is 1. The minimum absolute atomic E-state index is 0.591. The molecule has 3 unspecified atom stereocenters. The van der Waals surface area contributed by atoms with E-state index in [1.165, 1.54) is 7.05 Å². The maximum Gasteiger partial charge on any atom is 0.328 e. The average Bonchev–Trinajstić information content (AvgIpc) is 2.38. The van der Waals surface area contributed by atoms with Crippen LogP contribution >= 0.6 is 0 Å². The van der Waals surface area contributed by atoms with Gasteiger partial charge in [0, 0.05) is 20.0 Å². The lowest BCUT2D eigenvalue weighted by molar-refractivity contribution is -0.132. The Morgan fingerprint density at radius 1 is 1.19 bits per heavy atom. The van der Waals surface area contributed by atoms with Gasteiger partial charge in [-0.2, -0.15) is 0 Å². The molecule has 10 nitrogen and oxygen atoms in total. The highest BCUT2D eigenvalue weighted by molar-refractivity contribution is 5.94. The third-order valence-corrected chi connectivity index (χ3v) is 2.30. The van der Waals surface area contributed by atoms with Crippen LogP contribution in [0.25, 0.3) is 0 Å². The molecule has 3 atom stereocenters. The van der Waals surface area contributed by atoms with Gasteiger partial charge in [0.2, 0.25) is 17.7 Å². The number of nitrogens with two attached hydrogens (primary N) is 1. The molecule has 0 heterocycles. The van der Waals surface area contributed by atoms with Crippen LogP contribution in [0.1, 0.15) is 6.92 Å². The minimum atomic E-state index is -1.56. The molecule has 10 heteroatoms. The first-order chi connectivity index (χ1) is 9.68. The number of carbonyl (C=O) groups excluding carboxylic acids is 3. The number of aliphatic hydroxyl groups excluding tert-OH is 1. The second kappa shape index (κ2) is 8.66. The SMILES string of the molecule is CNC(=O)C(NC(C)=O)C(NC(O)/C=C\C(=O)O)C(N)=O. The van der Waals surface area contributed by atoms with Crippen LogP contribution in [0.3, 0.4) is 0 Å². The number of aliphatic carboxylic acids is 1. The summed E-state index contributed by atoms with van der Waals surface area (Å²) in [6, 6.07) is -2.81. The van der Waals surface area contributed by atoms with Gasteiger partial charge in [-0.25, -0.2) is 4.79 Å². The zero-order valence-corrected chi connectivity index (χ0v) is 11.5. The molecule has 7 N–H and O–H groups in total. The molecule has 0 fully saturated rings. The first-order valence-corrected chi connectivity index (χ1v) is 5.82. The van der Waals surface area contributed by atoms with Crippen molar-refractivity contribution in [2.75, 3.05) is 7.05 Å². The quantitative estimate of drug-likeness (QED) is 0.201. The van der Waals surface area contributed by atoms with Crippen LogP contribution in [-0.4, -0.2) is 59.3 Å². The highest BCUT2D eigenvalue weighted by Gasteiger charge is 2.33. The Kier molecular flexibility index (Phi) is 7.65. The van der Waals surface area contributed by atoms with Crippen molar-refractivity contribution in [1.29, 1.82) is 0 Å². The molecule has 0 aromatic rings. The van der Waals surface area contributed by atoms with E-state index in [4.69, 9.17) is 10.8 Å². The molecular formula is C11H18N4O6. The smallest absolute Gasteiger partial charge is 0.328 e. The second-order valence-electron chi connectivity index (χ2n) is 3.98. The molecule has 0 aromatic heterocycles. The van der Waals surface area contributed by atoms with Crippen molar-refractivity contribution in [2.24, 2.45) is 5.73 Å². The van der Waals surface area contributed by atoms with Gasteiger partial charge in [-0.05, 0) is 6.08 Å². The number of rotatable bonds is 8. The number of hydrogen-bond acceptors (Lipinski definition) is 6. The number of aliphatic hydroxyl groups is 1. The zero-order valence-electron chi connectivity index (χ0n) is 11.5. The molecule has 118 valence electrons. The molecule has 0 bridgehead atoms. The molecule has 0 aliphatic carbocycles. The molecule has 21 heavy (non-hydrogen) atoms. The Labute approximate surface area is 120 Å². The number of nitrogens with one attached hydrogen (secondary N) is 3. The predicted octanol–water partition coefficient (Wildman–Crippen LogP) is -3.36. The summed E-state index contributed by atoms with van der Waals surface area (Å²) in [4.78, 5) is 44.5. The Balaban J connectivity index is 5.14. The largest absolute Gasteiger partial charge is 0.478 e. The lowest BCUT2D eigenvalue weighted by Crippen LogP contribution is -2.63. The number of hydrogen-bond donors (Lipinski definition) is 6. The van der Waals surface area contributed by atoms with Crippen LogP contribution < -0.4 is 21.7 Å². The topological polar surface area (TPSA) is 171 Å². The van der Waals surface area contributed by atoms with E-state index in [-0.39, 0.29) is 0 Å². The predicted molar refractivity (Wildman–Crippen MR) is 70.6 cm³/mol. The van der Waals surface area contributed by atoms with E-state index in [1.54, 1.807) is 0 Å². The number of carboxylic acid groups (broad SMARTS) is 1. The third kappa shape index (κ3) is 7.03. The summed E-state index contributed by atoms with van der Waals surface area (Å²) in [6.45, 7) is 1.13. The van der Waals surface area contributed by atoms with Gasteiger partial charge < -0.3 is 26.6 Å². The van der Waals surface area contributed by atoms with Crippen molar-refractivity contribution >= 4 is 23.7 Å². The summed E-state index contributed by atoms with van der Waals surface area (Å²) in [7, 11) is 1.29. The van der Waals surface area contributed by atoms with E-state index in [0.717, 1.165) is 13.0 Å². The van der Waals surface area contributed by atoms with Crippen LogP contribution in [0, 0.1) is 0 Å². The van der Waals surface area contributed by atoms with Crippen LogP contribution in [0.15, 0.2) is 12.2 Å². The minimum Gasteiger partial charge on any atom is -0.478 e. The molecule has 3 amide bonds. The fraction of sp³-hybridized carbons (Fsp3) is 0.455. The molecule has 0 rings (SSSR count). The molecule has 0 radical (unpaired) electrons. The van der Waals surface area contributed by atoms with E-state index in [0.29, 0.717) is 6.08 Å². The van der Waals surface area contributed by atoms with Gasteiger partial charge in [0.15, 0.2) is 0 Å². The van der Waals surface area contributed by atoms with Gasteiger partial charge in [0.05, 0.1) is 0 Å². The van der Waals surface area contributed by atoms with E-state index in [1.807, 2.05) is 0 Å². The zero-order chi connectivity index (χ0) is 16.6. The summed E-state index contributed by atoms with van der Waals surface area (Å²) in [5, 5.41) is 24.7. The fourth-order valence-corrected chi connectivity index (χ4v) is 1.43. The van der Waals surface area contributed by atoms with Gasteiger partial charge in [-0.3, -0.25) is 19.7 Å². The van der Waals surface area contributed by atoms with Crippen LogP contribution in [-0.2, 0) is 19.2 Å². The van der Waals surface area contributed by atoms with Crippen LogP contribution in [0.5, 0.6) is 0 Å². The maximum absolute atomic E-state index is 11.7. The highest BCUT2D eigenvalue weighted by Crippen LogP contribution is 1.98. The summed E-state index contributed by atoms with van der Waals surface area (Å²) in [5.41, 5.74) is 5.13. The maximum atomic E-state index is 11.7. The van der Waals surface area contributed by atoms with Crippen LogP contribution in [0.2, 0.25) is 0 Å². The molecule has 0 aliphatic rings. The van der Waals surface area contributed by atoms with Gasteiger partial charge in [0.1, 0.15) is 18.3 Å².